The lowest BCUT2D eigenvalue weighted by atomic mass is 9.97. The molecule has 0 saturated carbocycles. The minimum Gasteiger partial charge on any atom is -0.384 e. The summed E-state index contributed by atoms with van der Waals surface area (Å²) in [5, 5.41) is -0.317. The quantitative estimate of drug-likeness (QED) is 0.550. The first kappa shape index (κ1) is 24.7. The predicted molar refractivity (Wildman–Crippen MR) is 138 cm³/mol. The molecule has 1 amide bonds. The first-order valence-electron chi connectivity index (χ1n) is 11.5. The van der Waals surface area contributed by atoms with Crippen LogP contribution < -0.4 is 15.4 Å². The summed E-state index contributed by atoms with van der Waals surface area (Å²) in [5.41, 5.74) is 9.52. The van der Waals surface area contributed by atoms with Gasteiger partial charge in [0.15, 0.2) is 5.03 Å². The molecule has 184 valence electrons. The summed E-state index contributed by atoms with van der Waals surface area (Å²) in [5.74, 6) is 0.145. The SMILES string of the molecule is Cc1cccc(-c2ccc(C(=O)NS(=O)(=O)c3cccc(N)n3)c(N3C[C@@H](C)CC3(C)C)n2)c1C. The average molecular weight is 494 g/mol. The van der Waals surface area contributed by atoms with Gasteiger partial charge in [-0.2, -0.15) is 8.42 Å². The highest BCUT2D eigenvalue weighted by Gasteiger charge is 2.39. The van der Waals surface area contributed by atoms with Crippen molar-refractivity contribution in [3.63, 3.8) is 0 Å². The minimum absolute atomic E-state index is 0.0494. The van der Waals surface area contributed by atoms with Gasteiger partial charge in [0.2, 0.25) is 0 Å². The van der Waals surface area contributed by atoms with E-state index in [2.05, 4.69) is 35.4 Å². The number of nitrogens with two attached hydrogens (primary N) is 1. The van der Waals surface area contributed by atoms with Crippen LogP contribution >= 0.6 is 0 Å². The van der Waals surface area contributed by atoms with Gasteiger partial charge in [-0.25, -0.2) is 14.7 Å². The van der Waals surface area contributed by atoms with Crippen molar-refractivity contribution in [3.8, 4) is 11.3 Å². The van der Waals surface area contributed by atoms with Gasteiger partial charge in [0.25, 0.3) is 15.9 Å². The molecule has 3 N–H and O–H groups in total. The summed E-state index contributed by atoms with van der Waals surface area (Å²) < 4.78 is 27.9. The maximum absolute atomic E-state index is 13.3. The van der Waals surface area contributed by atoms with Crippen LogP contribution in [-0.4, -0.2) is 36.4 Å². The van der Waals surface area contributed by atoms with Crippen LogP contribution in [0.4, 0.5) is 11.6 Å². The zero-order valence-electron chi connectivity index (χ0n) is 20.7. The Morgan fingerprint density at radius 2 is 1.80 bits per heavy atom. The third kappa shape index (κ3) is 4.86. The number of carbonyl (C=O) groups excluding carboxylic acids is 1. The molecule has 1 aliphatic rings. The van der Waals surface area contributed by atoms with Gasteiger partial charge in [-0.3, -0.25) is 4.79 Å². The minimum atomic E-state index is -4.22. The van der Waals surface area contributed by atoms with E-state index in [-0.39, 0.29) is 21.9 Å². The van der Waals surface area contributed by atoms with E-state index >= 15 is 0 Å². The number of anilines is 2. The fraction of sp³-hybridized carbons (Fsp3) is 0.346. The smallest absolute Gasteiger partial charge is 0.281 e. The second-order valence-electron chi connectivity index (χ2n) is 9.88. The molecule has 1 aromatic carbocycles. The van der Waals surface area contributed by atoms with E-state index in [1.54, 1.807) is 12.1 Å². The van der Waals surface area contributed by atoms with Crippen molar-refractivity contribution in [2.45, 2.75) is 51.6 Å². The Labute approximate surface area is 206 Å². The highest BCUT2D eigenvalue weighted by atomic mass is 32.2. The van der Waals surface area contributed by atoms with Crippen molar-refractivity contribution in [2.75, 3.05) is 17.2 Å². The second-order valence-corrected chi connectivity index (χ2v) is 11.5. The number of benzene rings is 1. The second kappa shape index (κ2) is 8.96. The van der Waals surface area contributed by atoms with Crippen molar-refractivity contribution in [3.05, 3.63) is 65.2 Å². The number of nitrogens with one attached hydrogen (secondary N) is 1. The summed E-state index contributed by atoms with van der Waals surface area (Å²) in [6, 6.07) is 13.7. The summed E-state index contributed by atoms with van der Waals surface area (Å²) in [6.07, 6.45) is 0.926. The lowest BCUT2D eigenvalue weighted by Gasteiger charge is -2.34. The Balaban J connectivity index is 1.80. The number of aryl methyl sites for hydroxylation is 1. The molecular formula is C26H31N5O3S. The third-order valence-electron chi connectivity index (χ3n) is 6.58. The normalized spacial score (nSPS) is 17.4. The lowest BCUT2D eigenvalue weighted by Crippen LogP contribution is -2.41. The van der Waals surface area contributed by atoms with Crippen LogP contribution in [0.25, 0.3) is 11.3 Å². The maximum Gasteiger partial charge on any atom is 0.281 e. The molecule has 3 aromatic rings. The molecule has 0 unspecified atom stereocenters. The van der Waals surface area contributed by atoms with E-state index in [1.807, 2.05) is 32.0 Å². The van der Waals surface area contributed by atoms with E-state index < -0.39 is 15.9 Å². The number of sulfonamides is 1. The van der Waals surface area contributed by atoms with Gasteiger partial charge in [0.05, 0.1) is 11.3 Å². The number of hydrogen-bond donors (Lipinski definition) is 2. The first-order chi connectivity index (χ1) is 16.4. The largest absolute Gasteiger partial charge is 0.384 e. The lowest BCUT2D eigenvalue weighted by molar-refractivity contribution is 0.0981. The van der Waals surface area contributed by atoms with Gasteiger partial charge in [-0.15, -0.1) is 0 Å². The molecule has 0 bridgehead atoms. The van der Waals surface area contributed by atoms with Crippen molar-refractivity contribution >= 4 is 27.6 Å². The van der Waals surface area contributed by atoms with Crippen LogP contribution in [0.5, 0.6) is 0 Å². The molecule has 8 nitrogen and oxygen atoms in total. The highest BCUT2D eigenvalue weighted by molar-refractivity contribution is 7.90. The number of aromatic nitrogens is 2. The molecule has 1 saturated heterocycles. The summed E-state index contributed by atoms with van der Waals surface area (Å²) >= 11 is 0. The molecule has 2 aromatic heterocycles. The Hall–Kier alpha value is -3.46. The summed E-state index contributed by atoms with van der Waals surface area (Å²) in [6.45, 7) is 11.2. The van der Waals surface area contributed by atoms with Gasteiger partial charge in [0, 0.05) is 17.6 Å². The van der Waals surface area contributed by atoms with Crippen LogP contribution in [0, 0.1) is 19.8 Å². The van der Waals surface area contributed by atoms with Crippen molar-refractivity contribution in [1.82, 2.24) is 14.7 Å². The predicted octanol–water partition coefficient (Wildman–Crippen LogP) is 4.09. The highest BCUT2D eigenvalue weighted by Crippen LogP contribution is 2.38. The van der Waals surface area contributed by atoms with E-state index in [0.717, 1.165) is 28.8 Å². The van der Waals surface area contributed by atoms with Crippen LogP contribution in [0.1, 0.15) is 48.7 Å². The van der Waals surface area contributed by atoms with Gasteiger partial charge in [-0.1, -0.05) is 31.2 Å². The van der Waals surface area contributed by atoms with Gasteiger partial charge in [-0.05, 0) is 75.4 Å². The van der Waals surface area contributed by atoms with E-state index in [9.17, 15) is 13.2 Å². The van der Waals surface area contributed by atoms with E-state index in [0.29, 0.717) is 18.3 Å². The summed E-state index contributed by atoms with van der Waals surface area (Å²) in [4.78, 5) is 24.2. The molecular weight excluding hydrogens is 462 g/mol. The van der Waals surface area contributed by atoms with Crippen molar-refractivity contribution in [1.29, 1.82) is 0 Å². The Morgan fingerprint density at radius 1 is 1.09 bits per heavy atom. The number of carbonyl (C=O) groups is 1. The number of nitrogen functional groups attached to an aromatic ring is 1. The number of pyridine rings is 2. The maximum atomic E-state index is 13.3. The molecule has 9 heteroatoms. The third-order valence-corrected chi connectivity index (χ3v) is 7.81. The van der Waals surface area contributed by atoms with Crippen molar-refractivity contribution in [2.24, 2.45) is 5.92 Å². The first-order valence-corrected chi connectivity index (χ1v) is 13.0. The van der Waals surface area contributed by atoms with Gasteiger partial charge < -0.3 is 10.6 Å². The van der Waals surface area contributed by atoms with E-state index in [4.69, 9.17) is 10.7 Å². The summed E-state index contributed by atoms with van der Waals surface area (Å²) in [7, 11) is -4.22. The zero-order valence-corrected chi connectivity index (χ0v) is 21.5. The van der Waals surface area contributed by atoms with Crippen LogP contribution in [0.15, 0.2) is 53.6 Å². The van der Waals surface area contributed by atoms with Gasteiger partial charge >= 0.3 is 0 Å². The number of amides is 1. The Morgan fingerprint density at radius 3 is 2.46 bits per heavy atom. The van der Waals surface area contributed by atoms with Crippen molar-refractivity contribution < 1.29 is 13.2 Å². The fourth-order valence-corrected chi connectivity index (χ4v) is 5.72. The molecule has 3 heterocycles. The standard InChI is InChI=1S/C26H31N5O3S/c1-16-14-26(4,5)31(15-16)24-20(12-13-21(28-24)19-9-6-8-17(2)18(19)3)25(32)30-35(33,34)23-11-7-10-22(27)29-23/h6-13,16H,14-15H2,1-5H3,(H2,27,29)(H,30,32)/t16-/m0/s1. The number of rotatable bonds is 5. The Bertz CT molecular complexity index is 1400. The topological polar surface area (TPSA) is 118 Å². The van der Waals surface area contributed by atoms with Crippen LogP contribution in [-0.2, 0) is 10.0 Å². The molecule has 1 fully saturated rings. The molecule has 0 spiro atoms. The van der Waals surface area contributed by atoms with Crippen LogP contribution in [0.2, 0.25) is 0 Å². The molecule has 1 atom stereocenters. The van der Waals surface area contributed by atoms with Gasteiger partial charge in [0.1, 0.15) is 11.6 Å². The van der Waals surface area contributed by atoms with Crippen LogP contribution in [0.3, 0.4) is 0 Å². The molecule has 4 rings (SSSR count). The molecule has 35 heavy (non-hydrogen) atoms. The monoisotopic (exact) mass is 493 g/mol. The Kier molecular flexibility index (Phi) is 6.31. The zero-order chi connectivity index (χ0) is 25.5. The molecule has 0 radical (unpaired) electrons. The molecule has 1 aliphatic heterocycles. The number of nitrogens with zero attached hydrogens (tertiary/aromatic N) is 3. The fourth-order valence-electron chi connectivity index (χ4n) is 4.78. The van der Waals surface area contributed by atoms with E-state index in [1.165, 1.54) is 18.2 Å². The molecule has 0 aliphatic carbocycles. The number of hydrogen-bond acceptors (Lipinski definition) is 7. The average Bonchev–Trinajstić information content (AvgIpc) is 3.06.